The Bertz CT molecular complexity index is 515. The molecule has 0 saturated carbocycles. The van der Waals surface area contributed by atoms with Crippen molar-refractivity contribution in [3.05, 3.63) is 35.9 Å². The fourth-order valence-electron chi connectivity index (χ4n) is 2.13. The van der Waals surface area contributed by atoms with Gasteiger partial charge in [-0.15, -0.1) is 0 Å². The van der Waals surface area contributed by atoms with Gasteiger partial charge in [-0.2, -0.15) is 0 Å². The predicted octanol–water partition coefficient (Wildman–Crippen LogP) is 0.378. The van der Waals surface area contributed by atoms with Gasteiger partial charge in [0.1, 0.15) is 0 Å². The van der Waals surface area contributed by atoms with Gasteiger partial charge in [0.25, 0.3) is 0 Å². The number of likely N-dealkylation sites (tertiary alicyclic amines) is 1. The molecule has 2 amide bonds. The van der Waals surface area contributed by atoms with Crippen LogP contribution < -0.4 is 5.32 Å². The molecule has 2 rings (SSSR count). The maximum atomic E-state index is 12.1. The lowest BCUT2D eigenvalue weighted by molar-refractivity contribution is -0.140. The van der Waals surface area contributed by atoms with E-state index in [2.05, 4.69) is 5.32 Å². The molecule has 1 aliphatic rings. The van der Waals surface area contributed by atoms with Gasteiger partial charge in [-0.25, -0.2) is 0 Å². The molecular weight excluding hydrogens is 260 g/mol. The van der Waals surface area contributed by atoms with Crippen LogP contribution in [0.3, 0.4) is 0 Å². The zero-order valence-electron chi connectivity index (χ0n) is 10.9. The van der Waals surface area contributed by atoms with Crippen LogP contribution in [0.1, 0.15) is 18.4 Å². The molecule has 0 aliphatic carbocycles. The van der Waals surface area contributed by atoms with Gasteiger partial charge < -0.3 is 10.4 Å². The normalized spacial score (nSPS) is 18.6. The average Bonchev–Trinajstić information content (AvgIpc) is 2.67. The minimum Gasteiger partial charge on any atom is -0.481 e. The zero-order chi connectivity index (χ0) is 14.5. The molecule has 0 bridgehead atoms. The molecule has 1 aromatic rings. The van der Waals surface area contributed by atoms with E-state index in [-0.39, 0.29) is 37.7 Å². The van der Waals surface area contributed by atoms with E-state index in [4.69, 9.17) is 5.11 Å². The Kier molecular flexibility index (Phi) is 4.47. The SMILES string of the molecule is O=C(O)CCNC1CC(=O)N(Cc2ccccc2)C1=O. The van der Waals surface area contributed by atoms with E-state index in [1.807, 2.05) is 30.3 Å². The topological polar surface area (TPSA) is 86.7 Å². The number of imide groups is 1. The van der Waals surface area contributed by atoms with Crippen molar-refractivity contribution in [3.63, 3.8) is 0 Å². The molecule has 0 radical (unpaired) electrons. The van der Waals surface area contributed by atoms with Gasteiger partial charge in [0.2, 0.25) is 11.8 Å². The summed E-state index contributed by atoms with van der Waals surface area (Å²) in [6, 6.07) is 8.67. The highest BCUT2D eigenvalue weighted by molar-refractivity contribution is 6.05. The maximum Gasteiger partial charge on any atom is 0.304 e. The first kappa shape index (κ1) is 14.2. The number of hydrogen-bond donors (Lipinski definition) is 2. The third-order valence-electron chi connectivity index (χ3n) is 3.16. The lowest BCUT2D eigenvalue weighted by Gasteiger charge is -2.15. The molecule has 1 atom stereocenters. The quantitative estimate of drug-likeness (QED) is 0.733. The number of carbonyl (C=O) groups is 3. The monoisotopic (exact) mass is 276 g/mol. The smallest absolute Gasteiger partial charge is 0.304 e. The molecule has 0 spiro atoms. The van der Waals surface area contributed by atoms with Crippen molar-refractivity contribution < 1.29 is 19.5 Å². The molecule has 2 N–H and O–H groups in total. The van der Waals surface area contributed by atoms with Crippen molar-refractivity contribution in [1.82, 2.24) is 10.2 Å². The van der Waals surface area contributed by atoms with Crippen molar-refractivity contribution in [2.24, 2.45) is 0 Å². The van der Waals surface area contributed by atoms with E-state index in [9.17, 15) is 14.4 Å². The Morgan fingerprint density at radius 2 is 2.00 bits per heavy atom. The number of carboxylic acid groups (broad SMARTS) is 1. The van der Waals surface area contributed by atoms with Gasteiger partial charge in [0.05, 0.1) is 25.4 Å². The summed E-state index contributed by atoms with van der Waals surface area (Å²) in [4.78, 5) is 35.6. The molecule has 6 nitrogen and oxygen atoms in total. The van der Waals surface area contributed by atoms with Gasteiger partial charge in [0, 0.05) is 6.54 Å². The molecule has 6 heteroatoms. The van der Waals surface area contributed by atoms with Crippen LogP contribution in [0.4, 0.5) is 0 Å². The first-order valence-electron chi connectivity index (χ1n) is 6.41. The molecule has 106 valence electrons. The van der Waals surface area contributed by atoms with Crippen molar-refractivity contribution in [2.45, 2.75) is 25.4 Å². The lowest BCUT2D eigenvalue weighted by atomic mass is 10.2. The Labute approximate surface area is 116 Å². The fraction of sp³-hybridized carbons (Fsp3) is 0.357. The number of benzene rings is 1. The highest BCUT2D eigenvalue weighted by Gasteiger charge is 2.37. The van der Waals surface area contributed by atoms with Gasteiger partial charge in [-0.1, -0.05) is 30.3 Å². The summed E-state index contributed by atoms with van der Waals surface area (Å²) in [5, 5.41) is 11.4. The summed E-state index contributed by atoms with van der Waals surface area (Å²) in [6.45, 7) is 0.438. The van der Waals surface area contributed by atoms with Gasteiger partial charge in [-0.3, -0.25) is 19.3 Å². The van der Waals surface area contributed by atoms with Crippen molar-refractivity contribution >= 4 is 17.8 Å². The van der Waals surface area contributed by atoms with E-state index in [0.717, 1.165) is 5.56 Å². The number of rotatable bonds is 6. The zero-order valence-corrected chi connectivity index (χ0v) is 10.9. The Morgan fingerprint density at radius 3 is 2.65 bits per heavy atom. The molecule has 1 aliphatic heterocycles. The summed E-state index contributed by atoms with van der Waals surface area (Å²) in [6.07, 6.45) is 0.0158. The van der Waals surface area contributed by atoms with Crippen LogP contribution in [0.25, 0.3) is 0 Å². The number of amides is 2. The maximum absolute atomic E-state index is 12.1. The van der Waals surface area contributed by atoms with E-state index in [1.165, 1.54) is 4.90 Å². The van der Waals surface area contributed by atoms with Crippen LogP contribution in [0.5, 0.6) is 0 Å². The molecule has 1 unspecified atom stereocenters. The van der Waals surface area contributed by atoms with Gasteiger partial charge in [-0.05, 0) is 5.56 Å². The van der Waals surface area contributed by atoms with Gasteiger partial charge in [0.15, 0.2) is 0 Å². The van der Waals surface area contributed by atoms with Crippen LogP contribution >= 0.6 is 0 Å². The number of nitrogens with zero attached hydrogens (tertiary/aromatic N) is 1. The van der Waals surface area contributed by atoms with Crippen molar-refractivity contribution in [2.75, 3.05) is 6.54 Å². The van der Waals surface area contributed by atoms with Gasteiger partial charge >= 0.3 is 5.97 Å². The van der Waals surface area contributed by atoms with E-state index < -0.39 is 12.0 Å². The van der Waals surface area contributed by atoms with E-state index in [1.54, 1.807) is 0 Å². The molecule has 1 aromatic carbocycles. The minimum atomic E-state index is -0.935. The Hall–Kier alpha value is -2.21. The molecule has 1 fully saturated rings. The summed E-state index contributed by atoms with van der Waals surface area (Å²) < 4.78 is 0. The first-order valence-corrected chi connectivity index (χ1v) is 6.41. The third kappa shape index (κ3) is 3.42. The number of nitrogens with one attached hydrogen (secondary N) is 1. The van der Waals surface area contributed by atoms with E-state index in [0.29, 0.717) is 0 Å². The number of aliphatic carboxylic acids is 1. The van der Waals surface area contributed by atoms with Crippen molar-refractivity contribution in [1.29, 1.82) is 0 Å². The van der Waals surface area contributed by atoms with Crippen LogP contribution in [-0.4, -0.2) is 40.4 Å². The minimum absolute atomic E-state index is 0.0728. The fourth-order valence-corrected chi connectivity index (χ4v) is 2.13. The molecule has 1 heterocycles. The predicted molar refractivity (Wildman–Crippen MR) is 70.7 cm³/mol. The van der Waals surface area contributed by atoms with Crippen LogP contribution in [0.15, 0.2) is 30.3 Å². The molecule has 20 heavy (non-hydrogen) atoms. The summed E-state index contributed by atoms with van der Waals surface area (Å²) in [5.74, 6) is -1.45. The second kappa shape index (κ2) is 6.29. The standard InChI is InChI=1S/C14H16N2O4/c17-12-8-11(15-7-6-13(18)19)14(20)16(12)9-10-4-2-1-3-5-10/h1-5,11,15H,6-9H2,(H,18,19). The molecule has 0 aromatic heterocycles. The summed E-state index contributed by atoms with van der Waals surface area (Å²) in [7, 11) is 0. The highest BCUT2D eigenvalue weighted by Crippen LogP contribution is 2.16. The van der Waals surface area contributed by atoms with Crippen LogP contribution in [0, 0.1) is 0 Å². The second-order valence-corrected chi connectivity index (χ2v) is 4.66. The number of carbonyl (C=O) groups excluding carboxylic acids is 2. The first-order chi connectivity index (χ1) is 9.58. The number of carboxylic acids is 1. The highest BCUT2D eigenvalue weighted by atomic mass is 16.4. The van der Waals surface area contributed by atoms with Crippen LogP contribution in [0.2, 0.25) is 0 Å². The molecule has 1 saturated heterocycles. The third-order valence-corrected chi connectivity index (χ3v) is 3.16. The summed E-state index contributed by atoms with van der Waals surface area (Å²) in [5.41, 5.74) is 0.889. The van der Waals surface area contributed by atoms with E-state index >= 15 is 0 Å². The Balaban J connectivity index is 1.93. The summed E-state index contributed by atoms with van der Waals surface area (Å²) >= 11 is 0. The number of hydrogen-bond acceptors (Lipinski definition) is 4. The lowest BCUT2D eigenvalue weighted by Crippen LogP contribution is -2.39. The largest absolute Gasteiger partial charge is 0.481 e. The molecular formula is C14H16N2O4. The Morgan fingerprint density at radius 1 is 1.30 bits per heavy atom. The van der Waals surface area contributed by atoms with Crippen LogP contribution in [-0.2, 0) is 20.9 Å². The van der Waals surface area contributed by atoms with Crippen molar-refractivity contribution in [3.8, 4) is 0 Å². The second-order valence-electron chi connectivity index (χ2n) is 4.66. The average molecular weight is 276 g/mol.